The number of carbonyl (C=O) groups is 1. The standard InChI is InChI=1S/C8H10O4/c1-3-11-8(10)7-5(2)12-4-6(7)9/h4,9H,3H2,1-2H3. The largest absolute Gasteiger partial charge is 0.504 e. The molecule has 1 aromatic heterocycles. The van der Waals surface area contributed by atoms with Crippen LogP contribution < -0.4 is 0 Å². The Morgan fingerprint density at radius 1 is 1.75 bits per heavy atom. The van der Waals surface area contributed by atoms with Crippen molar-refractivity contribution in [1.82, 2.24) is 0 Å². The Bertz CT molecular complexity index is 268. The van der Waals surface area contributed by atoms with Crippen LogP contribution in [-0.2, 0) is 4.74 Å². The molecule has 0 aliphatic carbocycles. The summed E-state index contributed by atoms with van der Waals surface area (Å²) in [5, 5.41) is 9.13. The van der Waals surface area contributed by atoms with E-state index in [0.717, 1.165) is 6.26 Å². The van der Waals surface area contributed by atoms with Gasteiger partial charge in [0.05, 0.1) is 6.61 Å². The number of hydrogen-bond acceptors (Lipinski definition) is 4. The molecular formula is C8H10O4. The van der Waals surface area contributed by atoms with E-state index in [0.29, 0.717) is 5.76 Å². The topological polar surface area (TPSA) is 59.7 Å². The van der Waals surface area contributed by atoms with Gasteiger partial charge in [-0.3, -0.25) is 0 Å². The Balaban J connectivity index is 2.93. The molecule has 0 aliphatic heterocycles. The van der Waals surface area contributed by atoms with Gasteiger partial charge >= 0.3 is 5.97 Å². The normalized spacial score (nSPS) is 9.83. The quantitative estimate of drug-likeness (QED) is 0.683. The molecule has 0 aromatic carbocycles. The SMILES string of the molecule is CCOC(=O)c1c(O)coc1C. The van der Waals surface area contributed by atoms with Gasteiger partial charge in [-0.2, -0.15) is 0 Å². The van der Waals surface area contributed by atoms with Crippen LogP contribution in [0.4, 0.5) is 0 Å². The number of esters is 1. The van der Waals surface area contributed by atoms with E-state index in [-0.39, 0.29) is 17.9 Å². The van der Waals surface area contributed by atoms with Crippen molar-refractivity contribution in [2.75, 3.05) is 6.61 Å². The van der Waals surface area contributed by atoms with Crippen LogP contribution in [0.2, 0.25) is 0 Å². The van der Waals surface area contributed by atoms with Gasteiger partial charge in [0, 0.05) is 0 Å². The van der Waals surface area contributed by atoms with Crippen LogP contribution in [0.3, 0.4) is 0 Å². The van der Waals surface area contributed by atoms with Gasteiger partial charge in [-0.25, -0.2) is 4.79 Å². The molecule has 1 N–H and O–H groups in total. The molecule has 0 spiro atoms. The summed E-state index contributed by atoms with van der Waals surface area (Å²) < 4.78 is 9.50. The molecule has 12 heavy (non-hydrogen) atoms. The predicted molar refractivity (Wildman–Crippen MR) is 41.1 cm³/mol. The zero-order chi connectivity index (χ0) is 9.14. The van der Waals surface area contributed by atoms with Gasteiger partial charge < -0.3 is 14.3 Å². The fourth-order valence-corrected chi connectivity index (χ4v) is 0.894. The molecule has 1 aromatic rings. The minimum Gasteiger partial charge on any atom is -0.504 e. The highest BCUT2D eigenvalue weighted by Gasteiger charge is 2.18. The summed E-state index contributed by atoms with van der Waals surface area (Å²) in [6.45, 7) is 3.57. The lowest BCUT2D eigenvalue weighted by Gasteiger charge is -1.99. The van der Waals surface area contributed by atoms with Crippen LogP contribution in [0.5, 0.6) is 5.75 Å². The summed E-state index contributed by atoms with van der Waals surface area (Å²) in [7, 11) is 0. The minimum absolute atomic E-state index is 0.108. The molecule has 0 atom stereocenters. The average molecular weight is 170 g/mol. The summed E-state index contributed by atoms with van der Waals surface area (Å²) in [5.41, 5.74) is 0.108. The van der Waals surface area contributed by atoms with E-state index in [1.54, 1.807) is 13.8 Å². The summed E-state index contributed by atoms with van der Waals surface area (Å²) in [5.74, 6) is -0.363. The monoisotopic (exact) mass is 170 g/mol. The van der Waals surface area contributed by atoms with Crippen molar-refractivity contribution in [2.45, 2.75) is 13.8 Å². The van der Waals surface area contributed by atoms with Crippen LogP contribution >= 0.6 is 0 Å². The first-order valence-corrected chi connectivity index (χ1v) is 3.61. The van der Waals surface area contributed by atoms with E-state index < -0.39 is 5.97 Å². The van der Waals surface area contributed by atoms with Gasteiger partial charge in [0.25, 0.3) is 0 Å². The number of furan rings is 1. The number of hydrogen-bond donors (Lipinski definition) is 1. The third-order valence-electron chi connectivity index (χ3n) is 1.44. The van der Waals surface area contributed by atoms with Crippen LogP contribution in [0.1, 0.15) is 23.0 Å². The molecule has 66 valence electrons. The number of aromatic hydroxyl groups is 1. The summed E-state index contributed by atoms with van der Waals surface area (Å²) >= 11 is 0. The highest BCUT2D eigenvalue weighted by molar-refractivity contribution is 5.93. The summed E-state index contributed by atoms with van der Waals surface area (Å²) in [4.78, 5) is 11.1. The zero-order valence-electron chi connectivity index (χ0n) is 6.96. The molecule has 0 fully saturated rings. The van der Waals surface area contributed by atoms with E-state index >= 15 is 0 Å². The maximum Gasteiger partial charge on any atom is 0.345 e. The predicted octanol–water partition coefficient (Wildman–Crippen LogP) is 1.47. The van der Waals surface area contributed by atoms with Crippen LogP contribution in [0.15, 0.2) is 10.7 Å². The molecule has 0 aliphatic rings. The fourth-order valence-electron chi connectivity index (χ4n) is 0.894. The zero-order valence-corrected chi connectivity index (χ0v) is 6.96. The van der Waals surface area contributed by atoms with Crippen LogP contribution in [-0.4, -0.2) is 17.7 Å². The third-order valence-corrected chi connectivity index (χ3v) is 1.44. The van der Waals surface area contributed by atoms with Crippen molar-refractivity contribution < 1.29 is 19.1 Å². The maximum absolute atomic E-state index is 11.1. The van der Waals surface area contributed by atoms with Crippen molar-refractivity contribution in [3.8, 4) is 5.75 Å². The van der Waals surface area contributed by atoms with E-state index in [9.17, 15) is 4.79 Å². The molecule has 4 heteroatoms. The van der Waals surface area contributed by atoms with Gasteiger partial charge in [0.15, 0.2) is 5.75 Å². The summed E-state index contributed by atoms with van der Waals surface area (Å²) in [6.07, 6.45) is 1.11. The average Bonchev–Trinajstić information content (AvgIpc) is 2.32. The Hall–Kier alpha value is -1.45. The molecule has 0 saturated heterocycles. The lowest BCUT2D eigenvalue weighted by atomic mass is 10.2. The molecule has 0 saturated carbocycles. The molecule has 0 amide bonds. The molecule has 1 heterocycles. The second kappa shape index (κ2) is 3.30. The highest BCUT2D eigenvalue weighted by Crippen LogP contribution is 2.23. The van der Waals surface area contributed by atoms with Crippen LogP contribution in [0, 0.1) is 6.92 Å². The van der Waals surface area contributed by atoms with Gasteiger partial charge in [-0.05, 0) is 13.8 Å². The van der Waals surface area contributed by atoms with Crippen molar-refractivity contribution in [3.63, 3.8) is 0 Å². The van der Waals surface area contributed by atoms with Crippen molar-refractivity contribution in [2.24, 2.45) is 0 Å². The highest BCUT2D eigenvalue weighted by atomic mass is 16.5. The second-order valence-corrected chi connectivity index (χ2v) is 2.27. The molecule has 4 nitrogen and oxygen atoms in total. The number of ether oxygens (including phenoxy) is 1. The molecule has 0 unspecified atom stereocenters. The van der Waals surface area contributed by atoms with Crippen molar-refractivity contribution >= 4 is 5.97 Å². The van der Waals surface area contributed by atoms with E-state index in [4.69, 9.17) is 9.52 Å². The first kappa shape index (κ1) is 8.64. The minimum atomic E-state index is -0.554. The van der Waals surface area contributed by atoms with Gasteiger partial charge in [0.1, 0.15) is 17.6 Å². The Labute approximate surface area is 69.8 Å². The number of carbonyl (C=O) groups excluding carboxylic acids is 1. The second-order valence-electron chi connectivity index (χ2n) is 2.27. The Morgan fingerprint density at radius 2 is 2.42 bits per heavy atom. The lowest BCUT2D eigenvalue weighted by Crippen LogP contribution is -2.04. The molecule has 1 rings (SSSR count). The maximum atomic E-state index is 11.1. The molecule has 0 radical (unpaired) electrons. The van der Waals surface area contributed by atoms with E-state index in [2.05, 4.69) is 4.74 Å². The first-order valence-electron chi connectivity index (χ1n) is 3.61. The summed E-state index contributed by atoms with van der Waals surface area (Å²) in [6, 6.07) is 0. The van der Waals surface area contributed by atoms with Crippen molar-refractivity contribution in [1.29, 1.82) is 0 Å². The van der Waals surface area contributed by atoms with Gasteiger partial charge in [-0.15, -0.1) is 0 Å². The van der Waals surface area contributed by atoms with E-state index in [1.807, 2.05) is 0 Å². The Kier molecular flexibility index (Phi) is 2.38. The lowest BCUT2D eigenvalue weighted by molar-refractivity contribution is 0.0521. The third kappa shape index (κ3) is 1.42. The fraction of sp³-hybridized carbons (Fsp3) is 0.375. The molecule has 0 bridgehead atoms. The number of aryl methyl sites for hydroxylation is 1. The number of rotatable bonds is 2. The van der Waals surface area contributed by atoms with Crippen LogP contribution in [0.25, 0.3) is 0 Å². The smallest absolute Gasteiger partial charge is 0.345 e. The molecular weight excluding hydrogens is 160 g/mol. The first-order chi connectivity index (χ1) is 5.66. The van der Waals surface area contributed by atoms with Gasteiger partial charge in [0.2, 0.25) is 0 Å². The Morgan fingerprint density at radius 3 is 2.83 bits per heavy atom. The van der Waals surface area contributed by atoms with E-state index in [1.165, 1.54) is 0 Å². The van der Waals surface area contributed by atoms with Crippen molar-refractivity contribution in [3.05, 3.63) is 17.6 Å². The van der Waals surface area contributed by atoms with Gasteiger partial charge in [-0.1, -0.05) is 0 Å².